The first kappa shape index (κ1) is 51.1. The molecule has 0 aromatic carbocycles. The van der Waals surface area contributed by atoms with Crippen LogP contribution in [0.1, 0.15) is 133 Å². The fraction of sp³-hybridized carbons (Fsp3) is 0.956. The van der Waals surface area contributed by atoms with Gasteiger partial charge in [-0.1, -0.05) is 65.0 Å². The van der Waals surface area contributed by atoms with Gasteiger partial charge in [-0.2, -0.15) is 0 Å². The quantitative estimate of drug-likeness (QED) is 0.110. The summed E-state index contributed by atoms with van der Waals surface area (Å²) in [6.07, 6.45) is -2.23. The Kier molecular flexibility index (Phi) is 18.3. The molecule has 4 fully saturated rings. The molecule has 1 aliphatic carbocycles. The van der Waals surface area contributed by atoms with Crippen LogP contribution in [0.5, 0.6) is 0 Å². The van der Waals surface area contributed by atoms with E-state index in [4.69, 9.17) is 33.3 Å². The van der Waals surface area contributed by atoms with E-state index in [2.05, 4.69) is 5.16 Å². The highest BCUT2D eigenvalue weighted by Crippen LogP contribution is 2.41. The molecular formula is C45H82N2O13. The molecule has 60 heavy (non-hydrogen) atoms. The smallest absolute Gasteiger partial charge is 0.311 e. The number of likely N-dealkylation sites (N-methyl/N-ethyl adjacent to an activating group) is 1. The first-order valence-corrected chi connectivity index (χ1v) is 22.7. The summed E-state index contributed by atoms with van der Waals surface area (Å²) >= 11 is 0. The van der Waals surface area contributed by atoms with Gasteiger partial charge in [-0.05, 0) is 87.2 Å². The lowest BCUT2D eigenvalue weighted by atomic mass is 9.73. The molecule has 3 heterocycles. The third-order valence-electron chi connectivity index (χ3n) is 14.4. The summed E-state index contributed by atoms with van der Waals surface area (Å²) < 4.78 is 37.9. The molecule has 0 bridgehead atoms. The number of hydrogen-bond donors (Lipinski definition) is 5. The summed E-state index contributed by atoms with van der Waals surface area (Å²) in [6, 6.07) is -0.307. The van der Waals surface area contributed by atoms with Gasteiger partial charge in [-0.15, -0.1) is 0 Å². The van der Waals surface area contributed by atoms with Crippen molar-refractivity contribution in [3.63, 3.8) is 0 Å². The van der Waals surface area contributed by atoms with E-state index in [0.717, 1.165) is 19.3 Å². The molecule has 350 valence electrons. The largest absolute Gasteiger partial charge is 0.459 e. The lowest BCUT2D eigenvalue weighted by molar-refractivity contribution is -0.317. The van der Waals surface area contributed by atoms with Crippen LogP contribution in [0.2, 0.25) is 0 Å². The average Bonchev–Trinajstić information content (AvgIpc) is 3.19. The van der Waals surface area contributed by atoms with Crippen LogP contribution in [0.25, 0.3) is 0 Å². The van der Waals surface area contributed by atoms with Crippen molar-refractivity contribution >= 4 is 11.7 Å². The molecule has 0 amide bonds. The normalized spacial score (nSPS) is 46.5. The molecule has 15 heteroatoms. The number of carbonyl (C=O) groups is 1. The Labute approximate surface area is 359 Å². The van der Waals surface area contributed by atoms with Gasteiger partial charge in [0.15, 0.2) is 12.6 Å². The summed E-state index contributed by atoms with van der Waals surface area (Å²) in [5.41, 5.74) is -4.25. The maximum absolute atomic E-state index is 14.4. The number of nitrogens with zero attached hydrogens (tertiary/aromatic N) is 2. The van der Waals surface area contributed by atoms with Gasteiger partial charge in [0.25, 0.3) is 0 Å². The van der Waals surface area contributed by atoms with Crippen molar-refractivity contribution in [3.8, 4) is 0 Å². The van der Waals surface area contributed by atoms with Gasteiger partial charge >= 0.3 is 5.97 Å². The fourth-order valence-electron chi connectivity index (χ4n) is 10.4. The summed E-state index contributed by atoms with van der Waals surface area (Å²) in [7, 11) is 5.27. The molecule has 0 unspecified atom stereocenters. The Hall–Kier alpha value is -1.50. The molecular weight excluding hydrogens is 776 g/mol. The maximum atomic E-state index is 14.4. The Morgan fingerprint density at radius 2 is 1.53 bits per heavy atom. The zero-order valence-corrected chi connectivity index (χ0v) is 38.9. The van der Waals surface area contributed by atoms with E-state index in [1.807, 2.05) is 39.8 Å². The maximum Gasteiger partial charge on any atom is 0.311 e. The second kappa shape index (κ2) is 21.5. The van der Waals surface area contributed by atoms with Crippen molar-refractivity contribution in [2.45, 2.75) is 218 Å². The minimum atomic E-state index is -1.92. The third kappa shape index (κ3) is 12.0. The first-order valence-electron chi connectivity index (χ1n) is 22.7. The van der Waals surface area contributed by atoms with E-state index in [-0.39, 0.29) is 31.4 Å². The number of carbonyl (C=O) groups excluding carboxylic acids is 1. The highest BCUT2D eigenvalue weighted by atomic mass is 16.7. The summed E-state index contributed by atoms with van der Waals surface area (Å²) in [5, 5.41) is 64.3. The lowest BCUT2D eigenvalue weighted by Gasteiger charge is -2.49. The van der Waals surface area contributed by atoms with Gasteiger partial charge in [-0.25, -0.2) is 0 Å². The van der Waals surface area contributed by atoms with Crippen LogP contribution in [-0.4, -0.2) is 154 Å². The Morgan fingerprint density at radius 1 is 0.883 bits per heavy atom. The molecule has 18 atom stereocenters. The molecule has 3 saturated heterocycles. The zero-order valence-electron chi connectivity index (χ0n) is 38.9. The van der Waals surface area contributed by atoms with Gasteiger partial charge in [0.1, 0.15) is 30.5 Å². The number of cyclic esters (lactones) is 1. The van der Waals surface area contributed by atoms with Crippen LogP contribution in [0, 0.1) is 29.6 Å². The van der Waals surface area contributed by atoms with Gasteiger partial charge in [0.05, 0.1) is 53.4 Å². The minimum Gasteiger partial charge on any atom is -0.459 e. The van der Waals surface area contributed by atoms with Crippen LogP contribution in [0.3, 0.4) is 0 Å². The molecule has 0 aromatic rings. The lowest BCUT2D eigenvalue weighted by Crippen LogP contribution is -2.61. The van der Waals surface area contributed by atoms with Gasteiger partial charge in [0, 0.05) is 37.3 Å². The second-order valence-electron chi connectivity index (χ2n) is 19.7. The summed E-state index contributed by atoms with van der Waals surface area (Å²) in [4.78, 5) is 22.3. The van der Waals surface area contributed by atoms with E-state index >= 15 is 0 Å². The first-order chi connectivity index (χ1) is 28.0. The van der Waals surface area contributed by atoms with E-state index in [9.17, 15) is 30.3 Å². The summed E-state index contributed by atoms with van der Waals surface area (Å²) in [5.74, 6) is -3.32. The molecule has 1 saturated carbocycles. The van der Waals surface area contributed by atoms with Crippen LogP contribution in [-0.2, 0) is 38.1 Å². The fourth-order valence-corrected chi connectivity index (χ4v) is 10.4. The molecule has 0 aromatic heterocycles. The molecule has 4 rings (SSSR count). The second-order valence-corrected chi connectivity index (χ2v) is 19.7. The Bertz CT molecular complexity index is 1380. The van der Waals surface area contributed by atoms with Crippen LogP contribution in [0.15, 0.2) is 5.16 Å². The van der Waals surface area contributed by atoms with Crippen molar-refractivity contribution in [2.24, 2.45) is 34.7 Å². The standard InChI is InChI=1S/C45H82N2O13/c1-14-33-45(10,53)38(49)27(4)35(46-55-21-20-31-18-16-15-17-19-31)25(2)23-43(8,52)40(60-42-36(48)32(47(11)12)22-26(3)56-42)28(5)37(29(6)41(51)58-33)59-34-24-44(9,54-13)39(50)30(7)57-34/h25-34,36-40,42,48-50,52-53H,14-24H2,1-13H3/b46-35+/t25-,26-,27+,28+,29-,30+,32+,33-,34+,36-,37+,38-,39+,40-,42+,43-,44-,45-/m1/s1. The van der Waals surface area contributed by atoms with Crippen molar-refractivity contribution in [2.75, 3.05) is 27.8 Å². The number of rotatable bonds is 11. The predicted octanol–water partition coefficient (Wildman–Crippen LogP) is 4.56. The van der Waals surface area contributed by atoms with E-state index < -0.39 is 102 Å². The number of oxime groups is 1. The highest BCUT2D eigenvalue weighted by molar-refractivity contribution is 5.88. The predicted molar refractivity (Wildman–Crippen MR) is 226 cm³/mol. The monoisotopic (exact) mass is 859 g/mol. The van der Waals surface area contributed by atoms with Crippen LogP contribution in [0.4, 0.5) is 0 Å². The van der Waals surface area contributed by atoms with Gasteiger partial charge < -0.3 is 63.7 Å². The third-order valence-corrected chi connectivity index (χ3v) is 14.4. The van der Waals surface area contributed by atoms with Gasteiger partial charge in [-0.3, -0.25) is 4.79 Å². The highest BCUT2D eigenvalue weighted by Gasteiger charge is 2.53. The van der Waals surface area contributed by atoms with E-state index in [1.165, 1.54) is 33.3 Å². The number of aliphatic hydroxyl groups excluding tert-OH is 3. The Morgan fingerprint density at radius 3 is 2.13 bits per heavy atom. The summed E-state index contributed by atoms with van der Waals surface area (Å²) in [6.45, 7) is 17.7. The molecule has 4 aliphatic rings. The van der Waals surface area contributed by atoms with Crippen LogP contribution >= 0.6 is 0 Å². The van der Waals surface area contributed by atoms with E-state index in [1.54, 1.807) is 41.5 Å². The SMILES string of the molecule is CC[C@H]1OC(=O)[C@H](C)[C@@H](O[C@H]2C[C@@](C)(OC)[C@@H](O)[C@H](C)O2)[C@H](C)[C@@H](O[C@@H]2O[C@H](C)C[C@H](N(C)C)[C@H]2O)[C@](C)(O)C[C@@H](C)/C(=N\OCCC2CCCCC2)[C@H](C)[C@@H](O)[C@]1(C)O. The Balaban J connectivity index is 1.83. The molecule has 5 N–H and O–H groups in total. The molecule has 15 nitrogen and oxygen atoms in total. The van der Waals surface area contributed by atoms with Crippen molar-refractivity contribution in [3.05, 3.63) is 0 Å². The van der Waals surface area contributed by atoms with Gasteiger partial charge in [0.2, 0.25) is 0 Å². The average molecular weight is 859 g/mol. The number of aliphatic hydroxyl groups is 5. The van der Waals surface area contributed by atoms with Crippen molar-refractivity contribution < 1.29 is 63.6 Å². The number of methoxy groups -OCH3 is 1. The minimum absolute atomic E-state index is 0.0369. The topological polar surface area (TPSA) is 198 Å². The van der Waals surface area contributed by atoms with Crippen LogP contribution < -0.4 is 0 Å². The molecule has 0 radical (unpaired) electrons. The van der Waals surface area contributed by atoms with Crippen molar-refractivity contribution in [1.29, 1.82) is 0 Å². The van der Waals surface area contributed by atoms with Crippen molar-refractivity contribution in [1.82, 2.24) is 4.90 Å². The number of esters is 1. The zero-order chi connectivity index (χ0) is 44.9. The molecule has 0 spiro atoms. The molecule has 3 aliphatic heterocycles. The number of ether oxygens (including phenoxy) is 6. The van der Waals surface area contributed by atoms with E-state index in [0.29, 0.717) is 24.7 Å². The number of hydrogen-bond acceptors (Lipinski definition) is 15.